The van der Waals surface area contributed by atoms with Crippen molar-refractivity contribution in [2.45, 2.75) is 0 Å². The first kappa shape index (κ1) is 32.2. The zero-order valence-electron chi connectivity index (χ0n) is 1.25. The third kappa shape index (κ3) is 17.6. The zero-order valence-corrected chi connectivity index (χ0v) is 9.55. The van der Waals surface area contributed by atoms with Gasteiger partial charge in [0.05, 0.1) is 0 Å². The molecule has 0 saturated heterocycles. The van der Waals surface area contributed by atoms with Crippen LogP contribution in [0.1, 0.15) is 0 Å². The Morgan fingerprint density at radius 1 is 1.00 bits per heavy atom. The van der Waals surface area contributed by atoms with Crippen LogP contribution in [0.2, 0.25) is 0 Å². The van der Waals surface area contributed by atoms with Crippen LogP contribution in [-0.2, 0) is 17.1 Å². The van der Waals surface area contributed by atoms with Crippen LogP contribution in [0, 0.1) is 0 Å². The predicted octanol–water partition coefficient (Wildman–Crippen LogP) is -2.60. The van der Waals surface area contributed by atoms with Gasteiger partial charge in [-0.05, 0) is 0 Å². The summed E-state index contributed by atoms with van der Waals surface area (Å²) in [4.78, 5) is 0. The summed E-state index contributed by atoms with van der Waals surface area (Å²) in [6, 6.07) is 0. The summed E-state index contributed by atoms with van der Waals surface area (Å²) >= 11 is 0. The third-order valence-corrected chi connectivity index (χ3v) is 0. The van der Waals surface area contributed by atoms with Crippen molar-refractivity contribution in [2.75, 3.05) is 0 Å². The standard InChI is InChI=1S/Bi.Ca.Cu.Pb.Sr.4H. The third-order valence-electron chi connectivity index (χ3n) is 0. The van der Waals surface area contributed by atoms with E-state index in [0.29, 0.717) is 0 Å². The second kappa shape index (κ2) is 23.0. The molecule has 0 heterocycles. The van der Waals surface area contributed by atoms with Crippen LogP contribution in [0.5, 0.6) is 0 Å². The Labute approximate surface area is 149 Å². The van der Waals surface area contributed by atoms with E-state index in [9.17, 15) is 0 Å². The molecule has 0 atom stereocenters. The first-order valence-electron chi connectivity index (χ1n) is 0. The number of hydrogen-bond donors (Lipinski definition) is 0. The molecule has 0 unspecified atom stereocenters. The maximum atomic E-state index is 0. The van der Waals surface area contributed by atoms with Gasteiger partial charge in [-0.2, -0.15) is 0 Å². The first-order chi connectivity index (χ1) is 0. The van der Waals surface area contributed by atoms with Crippen LogP contribution in [-0.4, -0.2) is 137 Å². The molecule has 0 fully saturated rings. The molecule has 0 aliphatic carbocycles. The molecule has 8 radical (unpaired) electrons. The van der Waals surface area contributed by atoms with Gasteiger partial charge in [0.15, 0.2) is 0 Å². The van der Waals surface area contributed by atoms with Crippen LogP contribution in [0.3, 0.4) is 0 Å². The fraction of sp³-hybridized carbons (Fsp3) is 0. The minimum atomic E-state index is 0. The Hall–Kier alpha value is 5.06. The van der Waals surface area contributed by atoms with E-state index < -0.39 is 0 Å². The summed E-state index contributed by atoms with van der Waals surface area (Å²) < 4.78 is 0. The molecule has 0 aromatic rings. The van der Waals surface area contributed by atoms with Gasteiger partial charge in [0.1, 0.15) is 0 Å². The molecule has 0 aliphatic heterocycles. The Bertz CT molecular complexity index is 11.6. The molecule has 0 N–H and O–H groups in total. The van der Waals surface area contributed by atoms with E-state index in [2.05, 4.69) is 0 Å². The molecule has 0 bridgehead atoms. The minimum absolute atomic E-state index is 0. The summed E-state index contributed by atoms with van der Waals surface area (Å²) in [6.45, 7) is 0. The van der Waals surface area contributed by atoms with E-state index in [1.54, 1.807) is 0 Å². The molecule has 0 amide bonds. The van der Waals surface area contributed by atoms with Crippen LogP contribution < -0.4 is 0 Å². The molecule has 0 nitrogen and oxygen atoms in total. The van der Waals surface area contributed by atoms with Gasteiger partial charge in [0.25, 0.3) is 0 Å². The predicted molar refractivity (Wildman–Crippen MR) is 28.6 cm³/mol. The summed E-state index contributed by atoms with van der Waals surface area (Å²) in [5.74, 6) is 0. The molecule has 0 aliphatic rings. The first-order valence-corrected chi connectivity index (χ1v) is 0. The Morgan fingerprint density at radius 3 is 1.00 bits per heavy atom. The van der Waals surface area contributed by atoms with E-state index in [1.807, 2.05) is 0 Å². The number of hydrogen-bond acceptors (Lipinski definition) is 0. The average Bonchev–Trinajstić information content (AvgIpc) is 0. The van der Waals surface area contributed by atoms with E-state index >= 15 is 0 Å². The molecule has 5 heteroatoms. The van der Waals surface area contributed by atoms with Gasteiger partial charge in [-0.25, -0.2) is 0 Å². The van der Waals surface area contributed by atoms with Crippen molar-refractivity contribution in [2.24, 2.45) is 0 Å². The molecule has 0 saturated carbocycles. The fourth-order valence-electron chi connectivity index (χ4n) is 0. The molecule has 0 spiro atoms. The van der Waals surface area contributed by atoms with E-state index in [4.69, 9.17) is 0 Å². The normalized spacial score (nSPS) is 0. The second-order valence-corrected chi connectivity index (χ2v) is 0. The van der Waals surface area contributed by atoms with Crippen LogP contribution >= 0.6 is 0 Å². The van der Waals surface area contributed by atoms with Crippen molar-refractivity contribution in [3.05, 3.63) is 0 Å². The molecular formula is H4BiCaCuPbSr. The topological polar surface area (TPSA) is 0 Å². The maximum absolute atomic E-state index is 0. The van der Waals surface area contributed by atoms with Gasteiger partial charge in [-0.1, -0.05) is 0 Å². The SMILES string of the molecule is [Bi].[CaH2].[Cu].[Pb].[SrH2]. The van der Waals surface area contributed by atoms with Gasteiger partial charge >= 0.3 is 83.2 Å². The zero-order chi connectivity index (χ0) is 0. The summed E-state index contributed by atoms with van der Waals surface area (Å²) in [7, 11) is 0. The molecular weight excluding hydrogens is 607 g/mol. The van der Waals surface area contributed by atoms with E-state index in [0.717, 1.165) is 0 Å². The van der Waals surface area contributed by atoms with Gasteiger partial charge in [0.2, 0.25) is 0 Å². The van der Waals surface area contributed by atoms with Crippen LogP contribution in [0.15, 0.2) is 0 Å². The van der Waals surface area contributed by atoms with Crippen molar-refractivity contribution >= 4 is 137 Å². The molecule has 0 rings (SSSR count). The van der Waals surface area contributed by atoms with E-state index in [-0.39, 0.29) is 154 Å². The second-order valence-electron chi connectivity index (χ2n) is 0. The fourth-order valence-corrected chi connectivity index (χ4v) is 0. The van der Waals surface area contributed by atoms with Gasteiger partial charge in [-0.3, -0.25) is 0 Å². The Morgan fingerprint density at radius 2 is 1.00 bits per heavy atom. The van der Waals surface area contributed by atoms with E-state index in [1.165, 1.54) is 0 Å². The van der Waals surface area contributed by atoms with Crippen molar-refractivity contribution in [3.63, 3.8) is 0 Å². The van der Waals surface area contributed by atoms with Crippen molar-refractivity contribution in [1.82, 2.24) is 0 Å². The molecule has 5 heavy (non-hydrogen) atoms. The quantitative estimate of drug-likeness (QED) is 0.264. The molecule has 28 valence electrons. The van der Waals surface area contributed by atoms with Gasteiger partial charge < -0.3 is 0 Å². The summed E-state index contributed by atoms with van der Waals surface area (Å²) in [5, 5.41) is 0. The average molecular weight is 611 g/mol. The Balaban J connectivity index is 0. The Kier molecular flexibility index (Phi) is 148. The molecule has 0 aromatic heterocycles. The van der Waals surface area contributed by atoms with Gasteiger partial charge in [0, 0.05) is 70.6 Å². The number of rotatable bonds is 0. The van der Waals surface area contributed by atoms with Crippen LogP contribution in [0.4, 0.5) is 0 Å². The van der Waals surface area contributed by atoms with Crippen molar-refractivity contribution in [1.29, 1.82) is 0 Å². The van der Waals surface area contributed by atoms with Crippen molar-refractivity contribution < 1.29 is 17.1 Å². The molecule has 0 aromatic carbocycles. The van der Waals surface area contributed by atoms with Crippen molar-refractivity contribution in [3.8, 4) is 0 Å². The summed E-state index contributed by atoms with van der Waals surface area (Å²) in [6.07, 6.45) is 0. The monoisotopic (exact) mass is 612 g/mol. The van der Waals surface area contributed by atoms with Gasteiger partial charge in [-0.15, -0.1) is 0 Å². The van der Waals surface area contributed by atoms with Crippen LogP contribution in [0.25, 0.3) is 0 Å². The summed E-state index contributed by atoms with van der Waals surface area (Å²) in [5.41, 5.74) is 0.